The zero-order valence-corrected chi connectivity index (χ0v) is 14.6. The third-order valence-corrected chi connectivity index (χ3v) is 5.12. The molecular weight excluding hydrogens is 308 g/mol. The number of likely N-dealkylation sites (tertiary alicyclic amines) is 1. The first-order valence-electron chi connectivity index (χ1n) is 8.44. The zero-order chi connectivity index (χ0) is 17.3. The molecule has 1 saturated heterocycles. The smallest absolute Gasteiger partial charge is 0.239 e. The van der Waals surface area contributed by atoms with Crippen molar-refractivity contribution in [2.24, 2.45) is 5.73 Å². The second kappa shape index (κ2) is 6.61. The second-order valence-corrected chi connectivity index (χ2v) is 6.57. The Morgan fingerprint density at radius 2 is 1.88 bits per heavy atom. The van der Waals surface area contributed by atoms with Gasteiger partial charge in [0.25, 0.3) is 0 Å². The molecule has 0 aliphatic carbocycles. The highest BCUT2D eigenvalue weighted by molar-refractivity contribution is 5.81. The summed E-state index contributed by atoms with van der Waals surface area (Å²) in [5.74, 6) is 1.47. The van der Waals surface area contributed by atoms with Crippen molar-refractivity contribution in [3.8, 4) is 11.5 Å². The molecule has 1 aromatic rings. The number of hydrogen-bond donors (Lipinski definition) is 1. The van der Waals surface area contributed by atoms with E-state index in [4.69, 9.17) is 19.9 Å². The Balaban J connectivity index is 1.89. The molecule has 2 heterocycles. The molecule has 0 bridgehead atoms. The lowest BCUT2D eigenvalue weighted by atomic mass is 9.79. The van der Waals surface area contributed by atoms with Crippen molar-refractivity contribution in [1.82, 2.24) is 4.90 Å². The lowest BCUT2D eigenvalue weighted by Crippen LogP contribution is -2.51. The maximum atomic E-state index is 12.1. The third kappa shape index (κ3) is 2.84. The third-order valence-electron chi connectivity index (χ3n) is 5.12. The van der Waals surface area contributed by atoms with E-state index in [0.29, 0.717) is 19.7 Å². The lowest BCUT2D eigenvalue weighted by molar-refractivity contribution is -0.141. The Kier molecular flexibility index (Phi) is 4.69. The first-order chi connectivity index (χ1) is 11.5. The standard InChI is InChI=1S/C18H26N2O4/c1-12(19)17(21)20-7-5-18(6-8-20)14-11-16(23-3)15(22-2)10-13(14)4-9-24-18/h10-12H,4-9,19H2,1-3H3. The average Bonchev–Trinajstić information content (AvgIpc) is 2.61. The molecule has 3 rings (SSSR count). The molecule has 6 heteroatoms. The van der Waals surface area contributed by atoms with Crippen LogP contribution in [0, 0.1) is 0 Å². The molecule has 132 valence electrons. The maximum Gasteiger partial charge on any atom is 0.239 e. The van der Waals surface area contributed by atoms with E-state index in [-0.39, 0.29) is 11.5 Å². The minimum absolute atomic E-state index is 0.00759. The van der Waals surface area contributed by atoms with Crippen LogP contribution in [0.3, 0.4) is 0 Å². The topological polar surface area (TPSA) is 74.0 Å². The number of nitrogens with zero attached hydrogens (tertiary/aromatic N) is 1. The minimum atomic E-state index is -0.456. The molecule has 0 saturated carbocycles. The van der Waals surface area contributed by atoms with Gasteiger partial charge in [0, 0.05) is 13.1 Å². The van der Waals surface area contributed by atoms with Crippen LogP contribution in [0.2, 0.25) is 0 Å². The van der Waals surface area contributed by atoms with Crippen molar-refractivity contribution in [3.63, 3.8) is 0 Å². The van der Waals surface area contributed by atoms with Gasteiger partial charge in [0.05, 0.1) is 32.5 Å². The van der Waals surface area contributed by atoms with Gasteiger partial charge >= 0.3 is 0 Å². The summed E-state index contributed by atoms with van der Waals surface area (Å²) < 4.78 is 17.1. The Hall–Kier alpha value is -1.79. The normalized spacial score (nSPS) is 20.4. The monoisotopic (exact) mass is 334 g/mol. The van der Waals surface area contributed by atoms with E-state index in [1.807, 2.05) is 11.0 Å². The molecule has 2 N–H and O–H groups in total. The quantitative estimate of drug-likeness (QED) is 0.905. The van der Waals surface area contributed by atoms with Gasteiger partial charge in [-0.3, -0.25) is 4.79 Å². The van der Waals surface area contributed by atoms with Crippen molar-refractivity contribution < 1.29 is 19.0 Å². The fraction of sp³-hybridized carbons (Fsp3) is 0.611. The number of carbonyl (C=O) groups is 1. The van der Waals surface area contributed by atoms with Crippen LogP contribution in [-0.2, 0) is 21.6 Å². The van der Waals surface area contributed by atoms with Crippen LogP contribution in [-0.4, -0.2) is 50.8 Å². The van der Waals surface area contributed by atoms with Gasteiger partial charge in [0.1, 0.15) is 0 Å². The average molecular weight is 334 g/mol. The van der Waals surface area contributed by atoms with Crippen molar-refractivity contribution in [2.75, 3.05) is 33.9 Å². The number of amides is 1. The highest BCUT2D eigenvalue weighted by Crippen LogP contribution is 2.45. The predicted molar refractivity (Wildman–Crippen MR) is 90.3 cm³/mol. The number of methoxy groups -OCH3 is 2. The van der Waals surface area contributed by atoms with Gasteiger partial charge in [-0.15, -0.1) is 0 Å². The molecule has 1 amide bonds. The predicted octanol–water partition coefficient (Wildman–Crippen LogP) is 1.44. The summed E-state index contributed by atoms with van der Waals surface area (Å²) in [4.78, 5) is 14.0. The van der Waals surface area contributed by atoms with Gasteiger partial charge in [-0.1, -0.05) is 0 Å². The van der Waals surface area contributed by atoms with Crippen LogP contribution >= 0.6 is 0 Å². The van der Waals surface area contributed by atoms with E-state index in [2.05, 4.69) is 6.07 Å². The fourth-order valence-electron chi connectivity index (χ4n) is 3.78. The Bertz CT molecular complexity index is 622. The van der Waals surface area contributed by atoms with E-state index in [0.717, 1.165) is 30.8 Å². The number of hydrogen-bond acceptors (Lipinski definition) is 5. The summed E-state index contributed by atoms with van der Waals surface area (Å²) in [5.41, 5.74) is 7.79. The molecule has 1 spiro atoms. The Morgan fingerprint density at radius 3 is 2.46 bits per heavy atom. The van der Waals surface area contributed by atoms with Crippen molar-refractivity contribution in [3.05, 3.63) is 23.3 Å². The van der Waals surface area contributed by atoms with E-state index in [1.54, 1.807) is 21.1 Å². The molecule has 1 atom stereocenters. The molecule has 1 unspecified atom stereocenters. The molecule has 6 nitrogen and oxygen atoms in total. The highest BCUT2D eigenvalue weighted by atomic mass is 16.5. The van der Waals surface area contributed by atoms with E-state index < -0.39 is 6.04 Å². The highest BCUT2D eigenvalue weighted by Gasteiger charge is 2.42. The van der Waals surface area contributed by atoms with Crippen molar-refractivity contribution >= 4 is 5.91 Å². The van der Waals surface area contributed by atoms with Gasteiger partial charge in [0.15, 0.2) is 11.5 Å². The Labute approximate surface area is 142 Å². The number of carbonyl (C=O) groups excluding carboxylic acids is 1. The summed E-state index contributed by atoms with van der Waals surface area (Å²) >= 11 is 0. The lowest BCUT2D eigenvalue weighted by Gasteiger charge is -2.45. The first-order valence-corrected chi connectivity index (χ1v) is 8.44. The van der Waals surface area contributed by atoms with Crippen molar-refractivity contribution in [2.45, 2.75) is 37.8 Å². The van der Waals surface area contributed by atoms with Crippen LogP contribution in [0.4, 0.5) is 0 Å². The number of rotatable bonds is 3. The molecule has 1 fully saturated rings. The molecule has 0 aromatic heterocycles. The summed E-state index contributed by atoms with van der Waals surface area (Å²) in [6.07, 6.45) is 2.40. The van der Waals surface area contributed by atoms with Crippen LogP contribution in [0.1, 0.15) is 30.9 Å². The molecule has 24 heavy (non-hydrogen) atoms. The molecule has 2 aliphatic rings. The maximum absolute atomic E-state index is 12.1. The molecule has 0 radical (unpaired) electrons. The SMILES string of the molecule is COc1cc2c(cc1OC)C1(CCN(C(=O)C(C)N)CC1)OCC2. The van der Waals surface area contributed by atoms with Crippen LogP contribution in [0.5, 0.6) is 11.5 Å². The van der Waals surface area contributed by atoms with Gasteiger partial charge in [0.2, 0.25) is 5.91 Å². The summed E-state index contributed by atoms with van der Waals surface area (Å²) in [6.45, 7) is 3.74. The summed E-state index contributed by atoms with van der Waals surface area (Å²) in [5, 5.41) is 0. The van der Waals surface area contributed by atoms with Crippen LogP contribution in [0.25, 0.3) is 0 Å². The van der Waals surface area contributed by atoms with Gasteiger partial charge < -0.3 is 24.8 Å². The zero-order valence-electron chi connectivity index (χ0n) is 14.6. The molecular formula is C18H26N2O4. The second-order valence-electron chi connectivity index (χ2n) is 6.57. The molecule has 1 aromatic carbocycles. The first kappa shape index (κ1) is 17.0. The number of piperidine rings is 1. The van der Waals surface area contributed by atoms with E-state index >= 15 is 0 Å². The fourth-order valence-corrected chi connectivity index (χ4v) is 3.78. The number of ether oxygens (including phenoxy) is 3. The number of fused-ring (bicyclic) bond motifs is 2. The largest absolute Gasteiger partial charge is 0.493 e. The van der Waals surface area contributed by atoms with E-state index in [1.165, 1.54) is 11.1 Å². The van der Waals surface area contributed by atoms with E-state index in [9.17, 15) is 4.79 Å². The number of benzene rings is 1. The van der Waals surface area contributed by atoms with Crippen LogP contribution in [0.15, 0.2) is 12.1 Å². The van der Waals surface area contributed by atoms with Gasteiger partial charge in [-0.2, -0.15) is 0 Å². The van der Waals surface area contributed by atoms with Crippen LogP contribution < -0.4 is 15.2 Å². The minimum Gasteiger partial charge on any atom is -0.493 e. The summed E-state index contributed by atoms with van der Waals surface area (Å²) in [7, 11) is 3.29. The molecule has 2 aliphatic heterocycles. The van der Waals surface area contributed by atoms with Gasteiger partial charge in [-0.25, -0.2) is 0 Å². The Morgan fingerprint density at radius 1 is 1.25 bits per heavy atom. The summed E-state index contributed by atoms with van der Waals surface area (Å²) in [6, 6.07) is 3.64. The van der Waals surface area contributed by atoms with Crippen molar-refractivity contribution in [1.29, 1.82) is 0 Å². The van der Waals surface area contributed by atoms with Gasteiger partial charge in [-0.05, 0) is 49.4 Å². The number of nitrogens with two attached hydrogens (primary N) is 1.